The third-order valence-electron chi connectivity index (χ3n) is 2.72. The molecule has 0 spiro atoms. The molecular weight excluding hydrogens is 389 g/mol. The molecule has 1 aromatic rings. The number of hydrogen-bond donors (Lipinski definition) is 0. The Bertz CT molecular complexity index is 546. The first-order chi connectivity index (χ1) is 8.56. The van der Waals surface area contributed by atoms with Gasteiger partial charge in [-0.3, -0.25) is 0 Å². The molecule has 0 unspecified atom stereocenters. The number of likely N-dealkylation sites (N-methyl/N-ethyl adjacent to an activating group) is 1. The number of nitrogens with zero attached hydrogens (tertiary/aromatic N) is 1. The van der Waals surface area contributed by atoms with Gasteiger partial charge in [0.2, 0.25) is 0 Å². The number of rotatable bonds is 2. The Hall–Kier alpha value is -0.316. The van der Waals surface area contributed by atoms with E-state index in [4.69, 9.17) is 0 Å². The van der Waals surface area contributed by atoms with Crippen LogP contribution in [0.25, 0.3) is 5.70 Å². The first-order valence-corrected chi connectivity index (χ1v) is 6.26. The molecule has 0 N–H and O–H groups in total. The molecule has 0 atom stereocenters. The molecule has 0 bridgehead atoms. The van der Waals surface area contributed by atoms with Crippen LogP contribution in [0.3, 0.4) is 0 Å². The Morgan fingerprint density at radius 3 is 2.42 bits per heavy atom. The number of hydrogen-bond acceptors (Lipinski definition) is 1. The van der Waals surface area contributed by atoms with Crippen LogP contribution in [0.2, 0.25) is 0 Å². The minimum absolute atomic E-state index is 0. The van der Waals surface area contributed by atoms with Crippen molar-refractivity contribution in [3.05, 3.63) is 64.3 Å². The topological polar surface area (TPSA) is 3.24 Å². The SMILES string of the molecule is C=C1C(Br)=C[C-]=C(c2c(F)cccc2F)N1CC.[Y]. The predicted octanol–water partition coefficient (Wildman–Crippen LogP) is 4.23. The number of halogens is 3. The maximum absolute atomic E-state index is 13.8. The number of benzene rings is 1. The minimum Gasteiger partial charge on any atom is -0.375 e. The van der Waals surface area contributed by atoms with E-state index in [1.54, 1.807) is 11.0 Å². The van der Waals surface area contributed by atoms with Crippen molar-refractivity contribution in [3.63, 3.8) is 0 Å². The first kappa shape index (κ1) is 16.7. The first-order valence-electron chi connectivity index (χ1n) is 5.46. The molecule has 0 aromatic heterocycles. The molecule has 0 saturated carbocycles. The fourth-order valence-electron chi connectivity index (χ4n) is 1.84. The Balaban J connectivity index is 0.00000180. The van der Waals surface area contributed by atoms with E-state index in [0.29, 0.717) is 17.9 Å². The predicted molar refractivity (Wildman–Crippen MR) is 71.5 cm³/mol. The van der Waals surface area contributed by atoms with Gasteiger partial charge in [-0.2, -0.15) is 12.2 Å². The molecule has 0 aliphatic carbocycles. The Kier molecular flexibility index (Phi) is 6.09. The van der Waals surface area contributed by atoms with Crippen molar-refractivity contribution in [2.75, 3.05) is 6.54 Å². The summed E-state index contributed by atoms with van der Waals surface area (Å²) < 4.78 is 28.3. The van der Waals surface area contributed by atoms with E-state index in [2.05, 4.69) is 28.6 Å². The summed E-state index contributed by atoms with van der Waals surface area (Å²) in [4.78, 5) is 1.71. The van der Waals surface area contributed by atoms with Crippen molar-refractivity contribution in [2.45, 2.75) is 6.92 Å². The fraction of sp³-hybridized carbons (Fsp3) is 0.143. The van der Waals surface area contributed by atoms with Crippen LogP contribution >= 0.6 is 15.9 Å². The van der Waals surface area contributed by atoms with Gasteiger partial charge in [-0.15, -0.1) is 15.9 Å². The second kappa shape index (κ2) is 6.91. The van der Waals surface area contributed by atoms with Crippen molar-refractivity contribution >= 4 is 21.6 Å². The van der Waals surface area contributed by atoms with Crippen LogP contribution in [0, 0.1) is 17.7 Å². The molecule has 5 heteroatoms. The van der Waals surface area contributed by atoms with Crippen molar-refractivity contribution in [1.82, 2.24) is 4.90 Å². The van der Waals surface area contributed by atoms with E-state index in [-0.39, 0.29) is 38.3 Å². The second-order valence-electron chi connectivity index (χ2n) is 3.77. The molecule has 1 aromatic carbocycles. The smallest absolute Gasteiger partial charge is 0.0809 e. The van der Waals surface area contributed by atoms with Gasteiger partial charge in [0.15, 0.2) is 0 Å². The molecule has 2 rings (SSSR count). The molecule has 1 aliphatic rings. The van der Waals surface area contributed by atoms with Crippen molar-refractivity contribution in [3.8, 4) is 0 Å². The van der Waals surface area contributed by atoms with Gasteiger partial charge >= 0.3 is 0 Å². The summed E-state index contributed by atoms with van der Waals surface area (Å²) in [7, 11) is 0. The van der Waals surface area contributed by atoms with E-state index in [1.807, 2.05) is 6.92 Å². The Morgan fingerprint density at radius 1 is 1.32 bits per heavy atom. The molecule has 1 nitrogen and oxygen atoms in total. The standard InChI is InChI=1S/C14H11BrF2N.Y/c1-3-18-9(2)10(15)7-8-13(18)14-11(16)5-4-6-12(14)17;/h4-7H,2-3H2,1H3;/q-1;. The Morgan fingerprint density at radius 2 is 1.89 bits per heavy atom. The molecule has 0 fully saturated rings. The third-order valence-corrected chi connectivity index (χ3v) is 3.41. The maximum Gasteiger partial charge on any atom is 0.0809 e. The molecule has 0 amide bonds. The zero-order chi connectivity index (χ0) is 13.3. The van der Waals surface area contributed by atoms with Gasteiger partial charge in [0.05, 0.1) is 11.6 Å². The Labute approximate surface area is 145 Å². The van der Waals surface area contributed by atoms with Crippen LogP contribution in [0.1, 0.15) is 12.5 Å². The molecular formula is C14H11BrF2NY-. The van der Waals surface area contributed by atoms with Gasteiger partial charge in [-0.05, 0) is 30.3 Å². The van der Waals surface area contributed by atoms with E-state index < -0.39 is 11.6 Å². The monoisotopic (exact) mass is 399 g/mol. The van der Waals surface area contributed by atoms with Crippen LogP contribution in [0.4, 0.5) is 8.78 Å². The molecule has 19 heavy (non-hydrogen) atoms. The van der Waals surface area contributed by atoms with Crippen LogP contribution < -0.4 is 0 Å². The summed E-state index contributed by atoms with van der Waals surface area (Å²) in [5.74, 6) is -1.20. The molecule has 1 radical (unpaired) electrons. The minimum atomic E-state index is -0.602. The zero-order valence-electron chi connectivity index (χ0n) is 10.4. The molecule has 97 valence electrons. The van der Waals surface area contributed by atoms with E-state index in [0.717, 1.165) is 4.48 Å². The van der Waals surface area contributed by atoms with E-state index in [1.165, 1.54) is 18.2 Å². The molecule has 1 heterocycles. The number of allylic oxidation sites excluding steroid dienone is 3. The van der Waals surface area contributed by atoms with E-state index >= 15 is 0 Å². The summed E-state index contributed by atoms with van der Waals surface area (Å²) in [5.41, 5.74) is 0.951. The molecule has 0 saturated heterocycles. The third kappa shape index (κ3) is 3.23. The van der Waals surface area contributed by atoms with Gasteiger partial charge in [-0.25, -0.2) is 8.78 Å². The second-order valence-corrected chi connectivity index (χ2v) is 4.63. The summed E-state index contributed by atoms with van der Waals surface area (Å²) in [6.07, 6.45) is 4.51. The van der Waals surface area contributed by atoms with Gasteiger partial charge in [0.25, 0.3) is 0 Å². The average Bonchev–Trinajstić information content (AvgIpc) is 2.33. The van der Waals surface area contributed by atoms with Crippen LogP contribution in [0.15, 0.2) is 41.0 Å². The van der Waals surface area contributed by atoms with Crippen LogP contribution in [0.5, 0.6) is 0 Å². The summed E-state index contributed by atoms with van der Waals surface area (Å²) in [5, 5.41) is 0. The van der Waals surface area contributed by atoms with Crippen molar-refractivity contribution < 1.29 is 41.5 Å². The van der Waals surface area contributed by atoms with Crippen molar-refractivity contribution in [1.29, 1.82) is 0 Å². The summed E-state index contributed by atoms with van der Waals surface area (Å²) in [6, 6.07) is 3.81. The summed E-state index contributed by atoms with van der Waals surface area (Å²) >= 11 is 3.33. The van der Waals surface area contributed by atoms with E-state index in [9.17, 15) is 8.78 Å². The fourth-order valence-corrected chi connectivity index (χ4v) is 2.17. The van der Waals surface area contributed by atoms with Gasteiger partial charge in [0, 0.05) is 39.3 Å². The normalized spacial score (nSPS) is 14.7. The van der Waals surface area contributed by atoms with Gasteiger partial charge in [-0.1, -0.05) is 22.8 Å². The van der Waals surface area contributed by atoms with Gasteiger partial charge in [0.1, 0.15) is 0 Å². The maximum atomic E-state index is 13.8. The van der Waals surface area contributed by atoms with Gasteiger partial charge < -0.3 is 4.90 Å². The van der Waals surface area contributed by atoms with Crippen LogP contribution in [-0.2, 0) is 32.7 Å². The summed E-state index contributed by atoms with van der Waals surface area (Å²) in [6.45, 7) is 6.33. The largest absolute Gasteiger partial charge is 0.375 e. The zero-order valence-corrected chi connectivity index (χ0v) is 14.8. The van der Waals surface area contributed by atoms with Crippen LogP contribution in [-0.4, -0.2) is 11.4 Å². The van der Waals surface area contributed by atoms with Crippen molar-refractivity contribution in [2.24, 2.45) is 0 Å². The molecule has 1 aliphatic heterocycles. The quantitative estimate of drug-likeness (QED) is 0.672. The average molecular weight is 400 g/mol.